The van der Waals surface area contributed by atoms with Crippen LogP contribution in [0.5, 0.6) is 0 Å². The van der Waals surface area contributed by atoms with Crippen molar-refractivity contribution in [2.24, 2.45) is 5.41 Å². The maximum absolute atomic E-state index is 3.44. The average Bonchev–Trinajstić information content (AvgIpc) is 2.91. The summed E-state index contributed by atoms with van der Waals surface area (Å²) in [6.45, 7) is 15.9. The topological polar surface area (TPSA) is 0 Å². The second-order valence-electron chi connectivity index (χ2n) is 4.63. The van der Waals surface area contributed by atoms with Crippen LogP contribution in [0.4, 0.5) is 0 Å². The molecule has 2 aliphatic rings. The summed E-state index contributed by atoms with van der Waals surface area (Å²) in [5, 5.41) is 0. The molecular formula is C17H25V-3. The predicted octanol–water partition coefficient (Wildman–Crippen LogP) is 5.26. The molecule has 0 spiro atoms. The molecule has 0 aromatic carbocycles. The molecule has 1 heteroatoms. The van der Waals surface area contributed by atoms with Crippen LogP contribution in [0.2, 0.25) is 0 Å². The van der Waals surface area contributed by atoms with Crippen molar-refractivity contribution in [1.29, 1.82) is 0 Å². The van der Waals surface area contributed by atoms with Gasteiger partial charge in [0.05, 0.1) is 0 Å². The normalized spacial score (nSPS) is 18.3. The molecule has 0 atom stereocenters. The second kappa shape index (κ2) is 9.47. The Bertz CT molecular complexity index is 342. The maximum Gasteiger partial charge on any atom is 0 e. The quantitative estimate of drug-likeness (QED) is 0.531. The van der Waals surface area contributed by atoms with Gasteiger partial charge in [-0.3, -0.25) is 12.2 Å². The second-order valence-corrected chi connectivity index (χ2v) is 4.63. The van der Waals surface area contributed by atoms with Crippen LogP contribution in [0.25, 0.3) is 0 Å². The van der Waals surface area contributed by atoms with Crippen molar-refractivity contribution in [1.82, 2.24) is 0 Å². The zero-order chi connectivity index (χ0) is 13.5. The minimum absolute atomic E-state index is 0. The van der Waals surface area contributed by atoms with Gasteiger partial charge in [-0.25, -0.2) is 17.7 Å². The van der Waals surface area contributed by atoms with E-state index < -0.39 is 0 Å². The standard InChI is InChI=1S/C10H15.C5H5.C2H5.V/c1-7-6-10(4,5)9(3)8(7)2;1-2-4-5-3-1;1-2;/h1-5H3;1-3H,4H2;1H2,2H3;/q3*-1;. The molecule has 101 valence electrons. The van der Waals surface area contributed by atoms with Crippen molar-refractivity contribution in [3.8, 4) is 0 Å². The summed E-state index contributed by atoms with van der Waals surface area (Å²) in [6.07, 6.45) is 13.4. The van der Waals surface area contributed by atoms with Gasteiger partial charge in [0.1, 0.15) is 0 Å². The smallest absolute Gasteiger partial charge is 0 e. The zero-order valence-corrected chi connectivity index (χ0v) is 14.0. The first-order chi connectivity index (χ1) is 7.95. The molecule has 0 fully saturated rings. The summed E-state index contributed by atoms with van der Waals surface area (Å²) in [7, 11) is 0. The SMILES string of the molecule is CC1=[C-]C(C)(C)C(C)=C1C.[C-]1=CC=CC1.[CH2-]C.[V]. The van der Waals surface area contributed by atoms with E-state index in [0.29, 0.717) is 0 Å². The van der Waals surface area contributed by atoms with Crippen LogP contribution in [0.1, 0.15) is 48.0 Å². The molecule has 2 rings (SSSR count). The Morgan fingerprint density at radius 3 is 1.83 bits per heavy atom. The Kier molecular flexibility index (Phi) is 10.5. The van der Waals surface area contributed by atoms with Gasteiger partial charge in [-0.2, -0.15) is 24.1 Å². The molecule has 0 saturated heterocycles. The monoisotopic (exact) mass is 280 g/mol. The molecule has 0 bridgehead atoms. The van der Waals surface area contributed by atoms with Gasteiger partial charge in [-0.1, -0.05) is 33.1 Å². The average molecular weight is 280 g/mol. The van der Waals surface area contributed by atoms with Crippen molar-refractivity contribution < 1.29 is 18.6 Å². The van der Waals surface area contributed by atoms with Gasteiger partial charge in [-0.15, -0.1) is 13.3 Å². The Hall–Kier alpha value is -0.456. The number of allylic oxidation sites excluding steroid dienone is 8. The van der Waals surface area contributed by atoms with Crippen LogP contribution in [-0.2, 0) is 18.6 Å². The Labute approximate surface area is 126 Å². The first kappa shape index (κ1) is 19.9. The van der Waals surface area contributed by atoms with Gasteiger partial charge in [0, 0.05) is 18.6 Å². The molecule has 0 aromatic rings. The number of hydrogen-bond donors (Lipinski definition) is 0. The van der Waals surface area contributed by atoms with E-state index in [4.69, 9.17) is 0 Å². The molecule has 0 amide bonds. The molecular weight excluding hydrogens is 255 g/mol. The summed E-state index contributed by atoms with van der Waals surface area (Å²) in [5.41, 5.74) is 4.39. The van der Waals surface area contributed by atoms with Gasteiger partial charge in [0.15, 0.2) is 0 Å². The first-order valence-corrected chi connectivity index (χ1v) is 6.17. The molecule has 2 aliphatic carbocycles. The molecule has 0 aromatic heterocycles. The Morgan fingerprint density at radius 1 is 1.17 bits per heavy atom. The van der Waals surface area contributed by atoms with Crippen LogP contribution in [-0.4, -0.2) is 0 Å². The van der Waals surface area contributed by atoms with Crippen LogP contribution in [0.3, 0.4) is 0 Å². The number of hydrogen-bond acceptors (Lipinski definition) is 0. The largest absolute Gasteiger partial charge is 0.346 e. The van der Waals surface area contributed by atoms with Gasteiger partial charge in [-0.05, 0) is 0 Å². The third-order valence-corrected chi connectivity index (χ3v) is 3.15. The minimum atomic E-state index is 0. The first-order valence-electron chi connectivity index (χ1n) is 6.17. The van der Waals surface area contributed by atoms with E-state index in [0.717, 1.165) is 6.42 Å². The summed E-state index contributed by atoms with van der Waals surface area (Å²) >= 11 is 0. The third-order valence-electron chi connectivity index (χ3n) is 3.15. The summed E-state index contributed by atoms with van der Waals surface area (Å²) in [4.78, 5) is 0. The molecule has 0 aliphatic heterocycles. The molecule has 0 heterocycles. The molecule has 18 heavy (non-hydrogen) atoms. The van der Waals surface area contributed by atoms with Crippen molar-refractivity contribution in [3.63, 3.8) is 0 Å². The van der Waals surface area contributed by atoms with Gasteiger partial charge < -0.3 is 6.92 Å². The van der Waals surface area contributed by atoms with Crippen molar-refractivity contribution in [2.45, 2.75) is 48.0 Å². The van der Waals surface area contributed by atoms with Crippen LogP contribution >= 0.6 is 0 Å². The van der Waals surface area contributed by atoms with E-state index in [1.165, 1.54) is 16.7 Å². The van der Waals surface area contributed by atoms with Gasteiger partial charge >= 0.3 is 0 Å². The van der Waals surface area contributed by atoms with Crippen molar-refractivity contribution >= 4 is 0 Å². The summed E-state index contributed by atoms with van der Waals surface area (Å²) in [5.74, 6) is 0. The molecule has 0 saturated carbocycles. The Balaban J connectivity index is 0. The van der Waals surface area contributed by atoms with Crippen molar-refractivity contribution in [3.05, 3.63) is 54.0 Å². The van der Waals surface area contributed by atoms with E-state index in [9.17, 15) is 0 Å². The van der Waals surface area contributed by atoms with E-state index in [1.807, 2.05) is 12.2 Å². The van der Waals surface area contributed by atoms with Gasteiger partial charge in [0.2, 0.25) is 0 Å². The van der Waals surface area contributed by atoms with Crippen LogP contribution in [0, 0.1) is 24.5 Å². The van der Waals surface area contributed by atoms with E-state index in [1.54, 1.807) is 6.92 Å². The molecule has 0 N–H and O–H groups in total. The van der Waals surface area contributed by atoms with Crippen molar-refractivity contribution in [2.75, 3.05) is 0 Å². The maximum atomic E-state index is 3.44. The van der Waals surface area contributed by atoms with Gasteiger partial charge in [0.25, 0.3) is 0 Å². The Morgan fingerprint density at radius 2 is 1.72 bits per heavy atom. The predicted molar refractivity (Wildman–Crippen MR) is 77.2 cm³/mol. The molecule has 0 nitrogen and oxygen atoms in total. The fraction of sp³-hybridized carbons (Fsp3) is 0.471. The third kappa shape index (κ3) is 5.93. The number of rotatable bonds is 0. The van der Waals surface area contributed by atoms with Crippen LogP contribution in [0.15, 0.2) is 34.9 Å². The fourth-order valence-corrected chi connectivity index (χ4v) is 1.75. The van der Waals surface area contributed by atoms with Crippen LogP contribution < -0.4 is 0 Å². The van der Waals surface area contributed by atoms with E-state index in [2.05, 4.69) is 59.8 Å². The molecule has 0 unspecified atom stereocenters. The minimum Gasteiger partial charge on any atom is -0.346 e. The fourth-order valence-electron chi connectivity index (χ4n) is 1.75. The summed E-state index contributed by atoms with van der Waals surface area (Å²) in [6, 6.07) is 0. The zero-order valence-electron chi connectivity index (χ0n) is 12.6. The molecule has 1 radical (unpaired) electrons. The van der Waals surface area contributed by atoms with E-state index >= 15 is 0 Å². The van der Waals surface area contributed by atoms with E-state index in [-0.39, 0.29) is 24.0 Å². The summed E-state index contributed by atoms with van der Waals surface area (Å²) < 4.78 is 0.